The minimum Gasteiger partial charge on any atom is -0.286 e. The summed E-state index contributed by atoms with van der Waals surface area (Å²) in [6.45, 7) is 3.80. The van der Waals surface area contributed by atoms with Crippen molar-refractivity contribution in [1.29, 1.82) is 0 Å². The van der Waals surface area contributed by atoms with Crippen molar-refractivity contribution >= 4 is 48.8 Å². The van der Waals surface area contributed by atoms with Crippen LogP contribution in [0.4, 0.5) is 0 Å². The van der Waals surface area contributed by atoms with E-state index in [9.17, 15) is 13.2 Å². The number of amidine groups is 1. The topological polar surface area (TPSA) is 66.8 Å². The average Bonchev–Trinajstić information content (AvgIpc) is 2.72. The van der Waals surface area contributed by atoms with E-state index in [1.807, 2.05) is 0 Å². The van der Waals surface area contributed by atoms with Gasteiger partial charge in [-0.2, -0.15) is 8.42 Å². The van der Waals surface area contributed by atoms with Gasteiger partial charge in [0.1, 0.15) is 0 Å². The molecule has 1 saturated heterocycles. The number of carbonyl (C=O) groups is 1. The number of nitrogens with zero attached hydrogens (tertiary/aromatic N) is 2. The third-order valence-corrected chi connectivity index (χ3v) is 5.36. The van der Waals surface area contributed by atoms with Crippen molar-refractivity contribution in [1.82, 2.24) is 4.90 Å². The van der Waals surface area contributed by atoms with Crippen LogP contribution in [0.2, 0.25) is 0 Å². The normalized spacial score (nSPS) is 17.8. The van der Waals surface area contributed by atoms with Gasteiger partial charge < -0.3 is 0 Å². The highest BCUT2D eigenvalue weighted by Gasteiger charge is 2.29. The minimum atomic E-state index is -3.82. The van der Waals surface area contributed by atoms with Gasteiger partial charge in [0.25, 0.3) is 10.0 Å². The molecule has 1 amide bonds. The Morgan fingerprint density at radius 1 is 1.40 bits per heavy atom. The molecule has 0 N–H and O–H groups in total. The SMILES string of the molecule is C=CCN1C(=O)CSC1=NS(=O)(=O)c1ccc(Br)cc1. The van der Waals surface area contributed by atoms with E-state index < -0.39 is 10.0 Å². The standard InChI is InChI=1S/C12H11BrN2O3S2/c1-2-7-15-11(16)8-19-12(15)14-20(17,18)10-5-3-9(13)4-6-10/h2-6H,1,7-8H2. The van der Waals surface area contributed by atoms with Crippen LogP contribution in [0, 0.1) is 0 Å². The number of carbonyl (C=O) groups excluding carboxylic acids is 1. The molecule has 0 atom stereocenters. The van der Waals surface area contributed by atoms with Crippen LogP contribution >= 0.6 is 27.7 Å². The van der Waals surface area contributed by atoms with Gasteiger partial charge in [-0.05, 0) is 24.3 Å². The maximum Gasteiger partial charge on any atom is 0.284 e. The van der Waals surface area contributed by atoms with E-state index in [0.717, 1.165) is 16.2 Å². The van der Waals surface area contributed by atoms with Gasteiger partial charge in [-0.3, -0.25) is 9.69 Å². The van der Waals surface area contributed by atoms with Crippen molar-refractivity contribution in [3.05, 3.63) is 41.4 Å². The van der Waals surface area contributed by atoms with Gasteiger partial charge in [0.15, 0.2) is 5.17 Å². The smallest absolute Gasteiger partial charge is 0.284 e. The minimum absolute atomic E-state index is 0.0895. The summed E-state index contributed by atoms with van der Waals surface area (Å²) in [5, 5.41) is 0.192. The van der Waals surface area contributed by atoms with E-state index in [0.29, 0.717) is 0 Å². The molecule has 1 aliphatic heterocycles. The van der Waals surface area contributed by atoms with Crippen LogP contribution < -0.4 is 0 Å². The molecule has 0 spiro atoms. The van der Waals surface area contributed by atoms with Crippen LogP contribution in [0.3, 0.4) is 0 Å². The summed E-state index contributed by atoms with van der Waals surface area (Å²) >= 11 is 4.35. The second kappa shape index (κ2) is 6.11. The Bertz CT molecular complexity index is 668. The Morgan fingerprint density at radius 2 is 2.05 bits per heavy atom. The molecule has 0 bridgehead atoms. The van der Waals surface area contributed by atoms with Crippen LogP contribution in [0.1, 0.15) is 0 Å². The van der Waals surface area contributed by atoms with E-state index in [-0.39, 0.29) is 28.3 Å². The first-order valence-corrected chi connectivity index (χ1v) is 8.80. The lowest BCUT2D eigenvalue weighted by Gasteiger charge is -2.12. The fourth-order valence-electron chi connectivity index (χ4n) is 1.54. The highest BCUT2D eigenvalue weighted by Crippen LogP contribution is 2.23. The van der Waals surface area contributed by atoms with E-state index in [1.54, 1.807) is 12.1 Å². The first kappa shape index (κ1) is 15.3. The lowest BCUT2D eigenvalue weighted by molar-refractivity contribution is -0.123. The first-order chi connectivity index (χ1) is 9.44. The third-order valence-electron chi connectivity index (χ3n) is 2.48. The van der Waals surface area contributed by atoms with E-state index in [1.165, 1.54) is 23.1 Å². The maximum atomic E-state index is 12.2. The highest BCUT2D eigenvalue weighted by atomic mass is 79.9. The van der Waals surface area contributed by atoms with Gasteiger partial charge in [-0.25, -0.2) is 0 Å². The van der Waals surface area contributed by atoms with E-state index in [4.69, 9.17) is 0 Å². The molecule has 1 aliphatic rings. The number of benzene rings is 1. The monoisotopic (exact) mass is 374 g/mol. The molecule has 1 fully saturated rings. The van der Waals surface area contributed by atoms with Crippen molar-refractivity contribution in [2.24, 2.45) is 4.40 Å². The molecule has 8 heteroatoms. The van der Waals surface area contributed by atoms with Gasteiger partial charge in [0, 0.05) is 11.0 Å². The van der Waals surface area contributed by atoms with Crippen LogP contribution in [-0.2, 0) is 14.8 Å². The lowest BCUT2D eigenvalue weighted by Crippen LogP contribution is -2.30. The van der Waals surface area contributed by atoms with Gasteiger partial charge in [0.2, 0.25) is 5.91 Å². The maximum absolute atomic E-state index is 12.2. The Labute approximate surface area is 129 Å². The summed E-state index contributed by atoms with van der Waals surface area (Å²) in [7, 11) is -3.82. The van der Waals surface area contributed by atoms with E-state index >= 15 is 0 Å². The molecule has 0 aliphatic carbocycles. The van der Waals surface area contributed by atoms with Crippen molar-refractivity contribution in [2.75, 3.05) is 12.3 Å². The van der Waals surface area contributed by atoms with Crippen LogP contribution in [0.15, 0.2) is 50.7 Å². The Morgan fingerprint density at radius 3 is 2.65 bits per heavy atom. The summed E-state index contributed by atoms with van der Waals surface area (Å²) in [5.74, 6) is 0.0300. The molecule has 5 nitrogen and oxygen atoms in total. The van der Waals surface area contributed by atoms with Crippen LogP contribution in [0.5, 0.6) is 0 Å². The molecular weight excluding hydrogens is 364 g/mol. The molecule has 20 heavy (non-hydrogen) atoms. The number of thioether (sulfide) groups is 1. The fourth-order valence-corrected chi connectivity index (χ4v) is 3.94. The Balaban J connectivity index is 2.35. The highest BCUT2D eigenvalue weighted by molar-refractivity contribution is 9.10. The van der Waals surface area contributed by atoms with Crippen molar-refractivity contribution in [3.63, 3.8) is 0 Å². The second-order valence-electron chi connectivity index (χ2n) is 3.88. The molecule has 0 saturated carbocycles. The second-order valence-corrected chi connectivity index (χ2v) is 7.35. The number of amides is 1. The van der Waals surface area contributed by atoms with Gasteiger partial charge in [-0.1, -0.05) is 33.8 Å². The zero-order valence-electron chi connectivity index (χ0n) is 10.3. The average molecular weight is 375 g/mol. The van der Waals surface area contributed by atoms with E-state index in [2.05, 4.69) is 26.9 Å². The molecule has 2 rings (SSSR count). The first-order valence-electron chi connectivity index (χ1n) is 5.58. The van der Waals surface area contributed by atoms with Crippen molar-refractivity contribution in [2.45, 2.75) is 4.90 Å². The predicted octanol–water partition coefficient (Wildman–Crippen LogP) is 2.26. The van der Waals surface area contributed by atoms with Crippen LogP contribution in [0.25, 0.3) is 0 Å². The summed E-state index contributed by atoms with van der Waals surface area (Å²) in [4.78, 5) is 13.0. The zero-order valence-corrected chi connectivity index (χ0v) is 13.5. The molecule has 0 aromatic heterocycles. The predicted molar refractivity (Wildman–Crippen MR) is 83.1 cm³/mol. The number of sulfonamides is 1. The number of hydrogen-bond donors (Lipinski definition) is 0. The number of rotatable bonds is 4. The zero-order chi connectivity index (χ0) is 14.8. The molecule has 1 aromatic rings. The molecule has 1 heterocycles. The number of halogens is 1. The molecular formula is C12H11BrN2O3S2. The summed E-state index contributed by atoms with van der Waals surface area (Å²) in [5.41, 5.74) is 0. The molecule has 0 radical (unpaired) electrons. The Hall–Kier alpha value is -1.12. The molecule has 0 unspecified atom stereocenters. The number of hydrogen-bond acceptors (Lipinski definition) is 4. The van der Waals surface area contributed by atoms with Crippen LogP contribution in [-0.4, -0.2) is 36.7 Å². The summed E-state index contributed by atoms with van der Waals surface area (Å²) in [6.07, 6.45) is 1.53. The molecule has 1 aromatic carbocycles. The largest absolute Gasteiger partial charge is 0.286 e. The third kappa shape index (κ3) is 3.31. The van der Waals surface area contributed by atoms with Gasteiger partial charge in [-0.15, -0.1) is 11.0 Å². The van der Waals surface area contributed by atoms with Crippen molar-refractivity contribution < 1.29 is 13.2 Å². The lowest BCUT2D eigenvalue weighted by atomic mass is 10.4. The summed E-state index contributed by atoms with van der Waals surface area (Å²) in [6, 6.07) is 6.18. The Kier molecular flexibility index (Phi) is 4.66. The quantitative estimate of drug-likeness (QED) is 0.758. The fraction of sp³-hybridized carbons (Fsp3) is 0.167. The van der Waals surface area contributed by atoms with Gasteiger partial charge >= 0.3 is 0 Å². The van der Waals surface area contributed by atoms with Crippen molar-refractivity contribution in [3.8, 4) is 0 Å². The molecule has 106 valence electrons. The summed E-state index contributed by atoms with van der Waals surface area (Å²) < 4.78 is 28.9. The van der Waals surface area contributed by atoms with Gasteiger partial charge in [0.05, 0.1) is 10.6 Å².